The highest BCUT2D eigenvalue weighted by atomic mass is 16.3. The third-order valence-corrected chi connectivity index (χ3v) is 2.90. The van der Waals surface area contributed by atoms with Crippen molar-refractivity contribution < 1.29 is 5.11 Å². The SMILES string of the molecule is CC.CC1CC(O)CC(C(C)C)C1. The lowest BCUT2D eigenvalue weighted by Crippen LogP contribution is -2.27. The molecule has 0 saturated heterocycles. The van der Waals surface area contributed by atoms with E-state index in [1.165, 1.54) is 6.42 Å². The van der Waals surface area contributed by atoms with Gasteiger partial charge in [-0.2, -0.15) is 0 Å². The summed E-state index contributed by atoms with van der Waals surface area (Å²) in [5.41, 5.74) is 0. The molecule has 0 aromatic heterocycles. The van der Waals surface area contributed by atoms with Crippen LogP contribution in [0.15, 0.2) is 0 Å². The minimum absolute atomic E-state index is 0.0221. The molecule has 1 heteroatoms. The van der Waals surface area contributed by atoms with E-state index in [9.17, 15) is 5.11 Å². The van der Waals surface area contributed by atoms with E-state index in [0.29, 0.717) is 0 Å². The van der Waals surface area contributed by atoms with Gasteiger partial charge in [-0.1, -0.05) is 34.6 Å². The summed E-state index contributed by atoms with van der Waals surface area (Å²) >= 11 is 0. The molecule has 13 heavy (non-hydrogen) atoms. The molecule has 0 spiro atoms. The fraction of sp³-hybridized carbons (Fsp3) is 1.00. The molecule has 1 saturated carbocycles. The highest BCUT2D eigenvalue weighted by Gasteiger charge is 2.26. The van der Waals surface area contributed by atoms with Crippen LogP contribution in [0.3, 0.4) is 0 Å². The van der Waals surface area contributed by atoms with Gasteiger partial charge >= 0.3 is 0 Å². The largest absolute Gasteiger partial charge is 0.393 e. The van der Waals surface area contributed by atoms with E-state index in [2.05, 4.69) is 20.8 Å². The van der Waals surface area contributed by atoms with Crippen LogP contribution in [0.25, 0.3) is 0 Å². The molecule has 1 N–H and O–H groups in total. The Morgan fingerprint density at radius 2 is 1.62 bits per heavy atom. The van der Waals surface area contributed by atoms with Crippen LogP contribution >= 0.6 is 0 Å². The lowest BCUT2D eigenvalue weighted by molar-refractivity contribution is 0.0599. The monoisotopic (exact) mass is 186 g/mol. The number of hydrogen-bond acceptors (Lipinski definition) is 1. The highest BCUT2D eigenvalue weighted by Crippen LogP contribution is 2.33. The van der Waals surface area contributed by atoms with E-state index in [-0.39, 0.29) is 6.10 Å². The van der Waals surface area contributed by atoms with Gasteiger partial charge in [0.25, 0.3) is 0 Å². The van der Waals surface area contributed by atoms with Gasteiger partial charge in [0.15, 0.2) is 0 Å². The van der Waals surface area contributed by atoms with Crippen LogP contribution < -0.4 is 0 Å². The van der Waals surface area contributed by atoms with Crippen LogP contribution in [0.1, 0.15) is 53.9 Å². The third-order valence-electron chi connectivity index (χ3n) is 2.90. The Morgan fingerprint density at radius 1 is 1.08 bits per heavy atom. The quantitative estimate of drug-likeness (QED) is 0.665. The van der Waals surface area contributed by atoms with Gasteiger partial charge in [-0.05, 0) is 37.0 Å². The first-order valence-electron chi connectivity index (χ1n) is 5.77. The maximum absolute atomic E-state index is 9.50. The summed E-state index contributed by atoms with van der Waals surface area (Å²) in [6, 6.07) is 0. The molecule has 3 unspecified atom stereocenters. The Labute approximate surface area is 83.5 Å². The second-order valence-electron chi connectivity index (χ2n) is 4.47. The van der Waals surface area contributed by atoms with Crippen molar-refractivity contribution in [3.63, 3.8) is 0 Å². The Balaban J connectivity index is 0.000000671. The summed E-state index contributed by atoms with van der Waals surface area (Å²) in [6.07, 6.45) is 3.34. The Hall–Kier alpha value is -0.0400. The summed E-state index contributed by atoms with van der Waals surface area (Å²) in [4.78, 5) is 0. The minimum Gasteiger partial charge on any atom is -0.393 e. The van der Waals surface area contributed by atoms with Crippen LogP contribution in [0.5, 0.6) is 0 Å². The van der Waals surface area contributed by atoms with Gasteiger partial charge in [-0.15, -0.1) is 0 Å². The first-order chi connectivity index (χ1) is 6.09. The number of hydrogen-bond donors (Lipinski definition) is 1. The van der Waals surface area contributed by atoms with Crippen molar-refractivity contribution in [2.45, 2.75) is 60.0 Å². The van der Waals surface area contributed by atoms with Gasteiger partial charge in [0.1, 0.15) is 0 Å². The van der Waals surface area contributed by atoms with Crippen molar-refractivity contribution >= 4 is 0 Å². The molecule has 0 aromatic rings. The topological polar surface area (TPSA) is 20.2 Å². The van der Waals surface area contributed by atoms with E-state index >= 15 is 0 Å². The molecule has 1 rings (SSSR count). The third kappa shape index (κ3) is 4.66. The van der Waals surface area contributed by atoms with Crippen LogP contribution in [0.4, 0.5) is 0 Å². The molecule has 80 valence electrons. The summed E-state index contributed by atoms with van der Waals surface area (Å²) in [5, 5.41) is 9.50. The van der Waals surface area contributed by atoms with Crippen LogP contribution in [0.2, 0.25) is 0 Å². The lowest BCUT2D eigenvalue weighted by atomic mass is 9.76. The van der Waals surface area contributed by atoms with Crippen LogP contribution in [-0.4, -0.2) is 11.2 Å². The molecule has 0 heterocycles. The zero-order valence-electron chi connectivity index (χ0n) is 9.88. The zero-order chi connectivity index (χ0) is 10.4. The molecular formula is C12H26O. The molecule has 3 atom stereocenters. The Bertz CT molecular complexity index is 110. The molecular weight excluding hydrogens is 160 g/mol. The van der Waals surface area contributed by atoms with E-state index in [1.54, 1.807) is 0 Å². The summed E-state index contributed by atoms with van der Waals surface area (Å²) in [6.45, 7) is 10.8. The van der Waals surface area contributed by atoms with Gasteiger partial charge in [0.2, 0.25) is 0 Å². The molecule has 0 amide bonds. The van der Waals surface area contributed by atoms with Gasteiger partial charge in [-0.3, -0.25) is 0 Å². The fourth-order valence-corrected chi connectivity index (χ4v) is 2.16. The standard InChI is InChI=1S/C10H20O.C2H6/c1-7(2)9-4-8(3)5-10(11)6-9;1-2/h7-11H,4-6H2,1-3H3;1-2H3. The predicted molar refractivity (Wildman–Crippen MR) is 58.7 cm³/mol. The van der Waals surface area contributed by atoms with Gasteiger partial charge < -0.3 is 5.11 Å². The Morgan fingerprint density at radius 3 is 2.00 bits per heavy atom. The normalized spacial score (nSPS) is 33.9. The molecule has 1 aliphatic carbocycles. The summed E-state index contributed by atoms with van der Waals surface area (Å²) in [7, 11) is 0. The van der Waals surface area contributed by atoms with Gasteiger partial charge in [-0.25, -0.2) is 0 Å². The van der Waals surface area contributed by atoms with Crippen LogP contribution in [0, 0.1) is 17.8 Å². The first kappa shape index (κ1) is 13.0. The van der Waals surface area contributed by atoms with Crippen molar-refractivity contribution in [2.24, 2.45) is 17.8 Å². The van der Waals surface area contributed by atoms with Crippen LogP contribution in [-0.2, 0) is 0 Å². The first-order valence-corrected chi connectivity index (χ1v) is 5.77. The fourth-order valence-electron chi connectivity index (χ4n) is 2.16. The maximum atomic E-state index is 9.50. The smallest absolute Gasteiger partial charge is 0.0545 e. The average molecular weight is 186 g/mol. The predicted octanol–water partition coefficient (Wildman–Crippen LogP) is 3.47. The second-order valence-corrected chi connectivity index (χ2v) is 4.47. The molecule has 0 aliphatic heterocycles. The highest BCUT2D eigenvalue weighted by molar-refractivity contribution is 4.77. The van der Waals surface area contributed by atoms with Crippen molar-refractivity contribution in [1.29, 1.82) is 0 Å². The van der Waals surface area contributed by atoms with Gasteiger partial charge in [0.05, 0.1) is 6.10 Å². The van der Waals surface area contributed by atoms with E-state index in [0.717, 1.165) is 30.6 Å². The number of rotatable bonds is 1. The summed E-state index contributed by atoms with van der Waals surface area (Å²) < 4.78 is 0. The van der Waals surface area contributed by atoms with E-state index in [1.807, 2.05) is 13.8 Å². The Kier molecular flexibility index (Phi) is 6.40. The average Bonchev–Trinajstić information content (AvgIpc) is 2.06. The molecule has 0 aromatic carbocycles. The second kappa shape index (κ2) is 6.42. The maximum Gasteiger partial charge on any atom is 0.0545 e. The van der Waals surface area contributed by atoms with Crippen molar-refractivity contribution in [1.82, 2.24) is 0 Å². The molecule has 1 fully saturated rings. The minimum atomic E-state index is -0.0221. The summed E-state index contributed by atoms with van der Waals surface area (Å²) in [5.74, 6) is 2.23. The van der Waals surface area contributed by atoms with Crippen molar-refractivity contribution in [3.05, 3.63) is 0 Å². The molecule has 1 nitrogen and oxygen atoms in total. The molecule has 1 aliphatic rings. The van der Waals surface area contributed by atoms with Gasteiger partial charge in [0, 0.05) is 0 Å². The number of aliphatic hydroxyl groups is 1. The zero-order valence-corrected chi connectivity index (χ0v) is 9.88. The van der Waals surface area contributed by atoms with E-state index < -0.39 is 0 Å². The van der Waals surface area contributed by atoms with E-state index in [4.69, 9.17) is 0 Å². The van der Waals surface area contributed by atoms with Crippen molar-refractivity contribution in [2.75, 3.05) is 0 Å². The number of aliphatic hydroxyl groups excluding tert-OH is 1. The molecule has 0 radical (unpaired) electrons. The van der Waals surface area contributed by atoms with Crippen molar-refractivity contribution in [3.8, 4) is 0 Å². The lowest BCUT2D eigenvalue weighted by Gasteiger charge is -2.32. The molecule has 0 bridgehead atoms.